The van der Waals surface area contributed by atoms with Crippen LogP contribution >= 0.6 is 34.8 Å². The van der Waals surface area contributed by atoms with Gasteiger partial charge in [0.25, 0.3) is 0 Å². The quantitative estimate of drug-likeness (QED) is 0.340. The molecule has 8 heteroatoms. The molecule has 0 aliphatic carbocycles. The number of halogens is 3. The third-order valence-corrected chi connectivity index (χ3v) is 7.02. The van der Waals surface area contributed by atoms with E-state index in [1.165, 1.54) is 0 Å². The molecule has 1 fully saturated rings. The van der Waals surface area contributed by atoms with Gasteiger partial charge in [-0.3, -0.25) is 0 Å². The Labute approximate surface area is 220 Å². The molecule has 0 spiro atoms. The molecule has 5 nitrogen and oxygen atoms in total. The Morgan fingerprint density at radius 3 is 1.43 bits per heavy atom. The van der Waals surface area contributed by atoms with Gasteiger partial charge in [-0.1, -0.05) is 89.4 Å². The van der Waals surface area contributed by atoms with Gasteiger partial charge in [0.2, 0.25) is 0 Å². The highest BCUT2D eigenvalue weighted by molar-refractivity contribution is 6.31. The molecule has 1 N–H and O–H groups in total. The van der Waals surface area contributed by atoms with Crippen molar-refractivity contribution in [1.29, 1.82) is 0 Å². The second-order valence-corrected chi connectivity index (χ2v) is 9.55. The Morgan fingerprint density at radius 2 is 1.00 bits per heavy atom. The predicted octanol–water partition coefficient (Wildman–Crippen LogP) is 6.44. The number of rotatable bonds is 9. The molecule has 186 valence electrons. The molecule has 4 rings (SSSR count). The Hall–Kier alpha value is -1.67. The van der Waals surface area contributed by atoms with Gasteiger partial charge in [-0.05, 0) is 41.8 Å². The van der Waals surface area contributed by atoms with E-state index in [2.05, 4.69) is 0 Å². The summed E-state index contributed by atoms with van der Waals surface area (Å²) in [5.41, 5.74) is 2.45. The monoisotopic (exact) mass is 536 g/mol. The van der Waals surface area contributed by atoms with Crippen LogP contribution in [0.4, 0.5) is 0 Å². The van der Waals surface area contributed by atoms with Gasteiger partial charge in [0.1, 0.15) is 18.3 Å². The summed E-state index contributed by atoms with van der Waals surface area (Å²) in [5, 5.41) is 12.6. The molecule has 0 unspecified atom stereocenters. The summed E-state index contributed by atoms with van der Waals surface area (Å²) in [6.07, 6.45) is -3.72. The van der Waals surface area contributed by atoms with Crippen LogP contribution in [-0.2, 0) is 38.8 Å². The summed E-state index contributed by atoms with van der Waals surface area (Å²) in [4.78, 5) is 0. The van der Waals surface area contributed by atoms with Crippen LogP contribution in [0.3, 0.4) is 0 Å². The normalized spacial score (nSPS) is 24.4. The Balaban J connectivity index is 1.55. The van der Waals surface area contributed by atoms with Crippen LogP contribution in [-0.4, -0.2) is 35.8 Å². The van der Waals surface area contributed by atoms with Crippen molar-refractivity contribution in [3.63, 3.8) is 0 Å². The molecule has 3 aromatic carbocycles. The predicted molar refractivity (Wildman–Crippen MR) is 137 cm³/mol. The van der Waals surface area contributed by atoms with E-state index in [0.717, 1.165) is 16.7 Å². The molecule has 35 heavy (non-hydrogen) atoms. The van der Waals surface area contributed by atoms with Crippen LogP contribution in [0.25, 0.3) is 0 Å². The van der Waals surface area contributed by atoms with Gasteiger partial charge >= 0.3 is 0 Å². The molecule has 0 saturated carbocycles. The zero-order valence-corrected chi connectivity index (χ0v) is 21.4. The van der Waals surface area contributed by atoms with Crippen LogP contribution in [0.2, 0.25) is 15.1 Å². The highest BCUT2D eigenvalue weighted by Gasteiger charge is 2.46. The average Bonchev–Trinajstić information content (AvgIpc) is 2.84. The number of hydrogen-bond acceptors (Lipinski definition) is 5. The highest BCUT2D eigenvalue weighted by atomic mass is 35.5. The molecule has 5 atom stereocenters. The zero-order valence-electron chi connectivity index (χ0n) is 19.2. The summed E-state index contributed by atoms with van der Waals surface area (Å²) in [5.74, 6) is 0. The molecule has 1 aliphatic rings. The zero-order chi connectivity index (χ0) is 24.8. The molecular formula is C27H27Cl3O5. The second-order valence-electron chi connectivity index (χ2n) is 8.33. The maximum absolute atomic E-state index is 10.8. The van der Waals surface area contributed by atoms with Crippen molar-refractivity contribution in [2.45, 2.75) is 57.5 Å². The van der Waals surface area contributed by atoms with Crippen molar-refractivity contribution in [3.8, 4) is 0 Å². The van der Waals surface area contributed by atoms with Gasteiger partial charge in [0.05, 0.1) is 25.9 Å². The van der Waals surface area contributed by atoms with Crippen molar-refractivity contribution in [2.24, 2.45) is 0 Å². The topological polar surface area (TPSA) is 57.2 Å². The molecule has 0 radical (unpaired) electrons. The average molecular weight is 538 g/mol. The lowest BCUT2D eigenvalue weighted by Crippen LogP contribution is -2.59. The Bertz CT molecular complexity index is 1050. The smallest absolute Gasteiger partial charge is 0.184 e. The molecule has 1 aliphatic heterocycles. The lowest BCUT2D eigenvalue weighted by molar-refractivity contribution is -0.308. The number of hydrogen-bond donors (Lipinski definition) is 1. The number of aliphatic hydroxyl groups excluding tert-OH is 1. The van der Waals surface area contributed by atoms with Crippen LogP contribution in [0.5, 0.6) is 0 Å². The molecule has 3 aromatic rings. The van der Waals surface area contributed by atoms with Gasteiger partial charge < -0.3 is 24.1 Å². The summed E-state index contributed by atoms with van der Waals surface area (Å²) >= 11 is 19.0. The van der Waals surface area contributed by atoms with Crippen LogP contribution in [0, 0.1) is 0 Å². The van der Waals surface area contributed by atoms with Crippen LogP contribution in [0.1, 0.15) is 23.6 Å². The van der Waals surface area contributed by atoms with Gasteiger partial charge in [-0.2, -0.15) is 0 Å². The van der Waals surface area contributed by atoms with E-state index < -0.39 is 30.7 Å². The summed E-state index contributed by atoms with van der Waals surface area (Å²) < 4.78 is 24.5. The van der Waals surface area contributed by atoms with E-state index in [1.54, 1.807) is 12.1 Å². The lowest BCUT2D eigenvalue weighted by atomic mass is 9.98. The molecule has 0 bridgehead atoms. The first-order chi connectivity index (χ1) is 16.9. The molecule has 0 amide bonds. The maximum Gasteiger partial charge on any atom is 0.184 e. The lowest BCUT2D eigenvalue weighted by Gasteiger charge is -2.43. The van der Waals surface area contributed by atoms with Gasteiger partial charge in [-0.25, -0.2) is 0 Å². The summed E-state index contributed by atoms with van der Waals surface area (Å²) in [6.45, 7) is 2.46. The SMILES string of the molecule is C[C@@H]1O[C@@H](O)[C@@H](OCc2ccccc2Cl)[C@H](OCc2ccccc2Cl)[C@@H]1OCc1ccccc1Cl. The first kappa shape index (κ1) is 26.4. The molecule has 0 aromatic heterocycles. The van der Waals surface area contributed by atoms with Gasteiger partial charge in [-0.15, -0.1) is 0 Å². The maximum atomic E-state index is 10.8. The van der Waals surface area contributed by atoms with E-state index in [1.807, 2.05) is 67.6 Å². The summed E-state index contributed by atoms with van der Waals surface area (Å²) in [7, 11) is 0. The highest BCUT2D eigenvalue weighted by Crippen LogP contribution is 2.31. The standard InChI is InChI=1S/C27H27Cl3O5/c1-17-24(32-14-18-8-2-5-11-21(18)28)25(33-15-19-9-3-6-12-22(19)29)26(27(31)35-17)34-16-20-10-4-7-13-23(20)30/h2-13,17,24-27,31H,14-16H2,1H3/t17-,24+,25+,26-,27+/m0/s1. The fraction of sp³-hybridized carbons (Fsp3) is 0.333. The van der Waals surface area contributed by atoms with E-state index >= 15 is 0 Å². The summed E-state index contributed by atoms with van der Waals surface area (Å²) in [6, 6.07) is 22.3. The first-order valence-corrected chi connectivity index (χ1v) is 12.5. The molecule has 1 heterocycles. The Kier molecular flexibility index (Phi) is 9.45. The molecule has 1 saturated heterocycles. The first-order valence-electron chi connectivity index (χ1n) is 11.3. The van der Waals surface area contributed by atoms with E-state index in [0.29, 0.717) is 15.1 Å². The minimum Gasteiger partial charge on any atom is -0.368 e. The fourth-order valence-electron chi connectivity index (χ4n) is 3.99. The molecular weight excluding hydrogens is 511 g/mol. The number of aliphatic hydroxyl groups is 1. The fourth-order valence-corrected chi connectivity index (χ4v) is 4.56. The van der Waals surface area contributed by atoms with E-state index in [-0.39, 0.29) is 19.8 Å². The minimum absolute atomic E-state index is 0.169. The minimum atomic E-state index is -1.22. The van der Waals surface area contributed by atoms with Crippen molar-refractivity contribution in [3.05, 3.63) is 105 Å². The third-order valence-electron chi connectivity index (χ3n) is 5.91. The van der Waals surface area contributed by atoms with Crippen LogP contribution < -0.4 is 0 Å². The Morgan fingerprint density at radius 1 is 0.629 bits per heavy atom. The largest absolute Gasteiger partial charge is 0.368 e. The van der Waals surface area contributed by atoms with E-state index in [9.17, 15) is 5.11 Å². The van der Waals surface area contributed by atoms with Crippen molar-refractivity contribution >= 4 is 34.8 Å². The van der Waals surface area contributed by atoms with Crippen molar-refractivity contribution in [2.75, 3.05) is 0 Å². The number of benzene rings is 3. The van der Waals surface area contributed by atoms with Crippen molar-refractivity contribution < 1.29 is 24.1 Å². The third kappa shape index (κ3) is 6.76. The van der Waals surface area contributed by atoms with Crippen LogP contribution in [0.15, 0.2) is 72.8 Å². The van der Waals surface area contributed by atoms with E-state index in [4.69, 9.17) is 53.8 Å². The van der Waals surface area contributed by atoms with Gasteiger partial charge in [0.15, 0.2) is 6.29 Å². The van der Waals surface area contributed by atoms with Gasteiger partial charge in [0, 0.05) is 15.1 Å². The second kappa shape index (κ2) is 12.5. The number of ether oxygens (including phenoxy) is 4. The van der Waals surface area contributed by atoms with Crippen molar-refractivity contribution in [1.82, 2.24) is 0 Å².